The number of hydrogen-bond donors (Lipinski definition) is 1. The molecule has 0 aromatic carbocycles. The summed E-state index contributed by atoms with van der Waals surface area (Å²) < 4.78 is 5.39. The monoisotopic (exact) mass is 288 g/mol. The van der Waals surface area contributed by atoms with Crippen LogP contribution in [0, 0.1) is 0 Å². The fourth-order valence-corrected chi connectivity index (χ4v) is 1.75. The van der Waals surface area contributed by atoms with Crippen molar-refractivity contribution < 1.29 is 4.74 Å². The minimum absolute atomic E-state index is 0.325. The highest BCUT2D eigenvalue weighted by Gasteiger charge is 2.11. The number of aromatic nitrogens is 4. The molecule has 1 N–H and O–H groups in total. The van der Waals surface area contributed by atoms with E-state index >= 15 is 0 Å². The van der Waals surface area contributed by atoms with Crippen molar-refractivity contribution in [1.29, 1.82) is 0 Å². The summed E-state index contributed by atoms with van der Waals surface area (Å²) in [5, 5.41) is 3.08. The van der Waals surface area contributed by atoms with Gasteiger partial charge >= 0.3 is 6.01 Å². The van der Waals surface area contributed by atoms with Gasteiger partial charge in [0.25, 0.3) is 0 Å². The van der Waals surface area contributed by atoms with Crippen molar-refractivity contribution in [3.05, 3.63) is 30.1 Å². The Kier molecular flexibility index (Phi) is 5.25. The lowest BCUT2D eigenvalue weighted by Gasteiger charge is -2.17. The average Bonchev–Trinajstić information content (AvgIpc) is 2.49. The zero-order valence-corrected chi connectivity index (χ0v) is 12.6. The third-order valence-electron chi connectivity index (χ3n) is 2.68. The van der Waals surface area contributed by atoms with Crippen molar-refractivity contribution in [2.24, 2.45) is 0 Å². The summed E-state index contributed by atoms with van der Waals surface area (Å²) in [5.41, 5.74) is 0.948. The van der Waals surface area contributed by atoms with Crippen molar-refractivity contribution in [1.82, 2.24) is 19.9 Å². The van der Waals surface area contributed by atoms with Crippen molar-refractivity contribution >= 4 is 11.9 Å². The molecule has 0 fully saturated rings. The van der Waals surface area contributed by atoms with Crippen LogP contribution in [0.1, 0.15) is 19.5 Å². The maximum atomic E-state index is 5.39. The Balaban J connectivity index is 2.20. The van der Waals surface area contributed by atoms with Gasteiger partial charge in [-0.3, -0.25) is 4.98 Å². The third kappa shape index (κ3) is 4.27. The molecule has 112 valence electrons. The summed E-state index contributed by atoms with van der Waals surface area (Å²) in [5.74, 6) is 1.06. The first-order chi connectivity index (χ1) is 10.2. The fraction of sp³-hybridized carbons (Fsp3) is 0.429. The van der Waals surface area contributed by atoms with E-state index in [-0.39, 0.29) is 0 Å². The molecule has 2 aromatic rings. The number of pyridine rings is 1. The third-order valence-corrected chi connectivity index (χ3v) is 2.68. The number of hydrogen-bond acceptors (Lipinski definition) is 7. The van der Waals surface area contributed by atoms with Gasteiger partial charge in [-0.05, 0) is 26.0 Å². The Labute approximate surface area is 124 Å². The van der Waals surface area contributed by atoms with Gasteiger partial charge in [0.05, 0.1) is 18.8 Å². The highest BCUT2D eigenvalue weighted by atomic mass is 16.5. The number of nitrogens with zero attached hydrogens (tertiary/aromatic N) is 5. The summed E-state index contributed by atoms with van der Waals surface area (Å²) >= 11 is 0. The van der Waals surface area contributed by atoms with Crippen LogP contribution in [-0.2, 0) is 6.54 Å². The predicted octanol–water partition coefficient (Wildman–Crippen LogP) is 1.73. The van der Waals surface area contributed by atoms with E-state index in [0.29, 0.717) is 31.1 Å². The number of rotatable bonds is 7. The molecule has 0 aliphatic heterocycles. The Hall–Kier alpha value is -2.44. The van der Waals surface area contributed by atoms with E-state index < -0.39 is 0 Å². The molecule has 0 aliphatic rings. The fourth-order valence-electron chi connectivity index (χ4n) is 1.75. The summed E-state index contributed by atoms with van der Waals surface area (Å²) in [7, 11) is 1.91. The minimum atomic E-state index is 0.325. The van der Waals surface area contributed by atoms with Crippen molar-refractivity contribution in [3.8, 4) is 6.01 Å². The van der Waals surface area contributed by atoms with Crippen LogP contribution in [0.2, 0.25) is 0 Å². The van der Waals surface area contributed by atoms with E-state index in [0.717, 1.165) is 12.2 Å². The summed E-state index contributed by atoms with van der Waals surface area (Å²) in [6, 6.07) is 6.14. The van der Waals surface area contributed by atoms with Gasteiger partial charge < -0.3 is 15.0 Å². The van der Waals surface area contributed by atoms with E-state index in [9.17, 15) is 0 Å². The first-order valence-electron chi connectivity index (χ1n) is 6.96. The normalized spacial score (nSPS) is 10.2. The van der Waals surface area contributed by atoms with E-state index in [1.807, 2.05) is 44.0 Å². The lowest BCUT2D eigenvalue weighted by molar-refractivity contribution is 0.312. The second-order valence-corrected chi connectivity index (χ2v) is 4.38. The number of nitrogens with one attached hydrogen (secondary N) is 1. The van der Waals surface area contributed by atoms with E-state index in [2.05, 4.69) is 25.3 Å². The van der Waals surface area contributed by atoms with Crippen LogP contribution >= 0.6 is 0 Å². The second kappa shape index (κ2) is 7.37. The lowest BCUT2D eigenvalue weighted by atomic mass is 10.3. The van der Waals surface area contributed by atoms with Gasteiger partial charge in [-0.1, -0.05) is 6.07 Å². The molecule has 0 atom stereocenters. The maximum absolute atomic E-state index is 5.39. The van der Waals surface area contributed by atoms with E-state index in [1.54, 1.807) is 6.20 Å². The maximum Gasteiger partial charge on any atom is 0.323 e. The smallest absolute Gasteiger partial charge is 0.323 e. The Morgan fingerprint density at radius 2 is 2.05 bits per heavy atom. The molecule has 2 rings (SSSR count). The quantitative estimate of drug-likeness (QED) is 0.831. The topological polar surface area (TPSA) is 76.1 Å². The summed E-state index contributed by atoms with van der Waals surface area (Å²) in [6.45, 7) is 5.75. The molecule has 0 saturated carbocycles. The van der Waals surface area contributed by atoms with Crippen LogP contribution in [0.3, 0.4) is 0 Å². The van der Waals surface area contributed by atoms with Crippen molar-refractivity contribution in [2.75, 3.05) is 30.4 Å². The van der Waals surface area contributed by atoms with Crippen LogP contribution in [0.25, 0.3) is 0 Å². The molecular formula is C14H20N6O. The largest absolute Gasteiger partial charge is 0.464 e. The van der Waals surface area contributed by atoms with Gasteiger partial charge in [0.15, 0.2) is 0 Å². The summed E-state index contributed by atoms with van der Waals surface area (Å²) in [6.07, 6.45) is 1.77. The number of ether oxygens (including phenoxy) is 1. The molecule has 0 spiro atoms. The zero-order chi connectivity index (χ0) is 15.1. The Bertz CT molecular complexity index is 538. The average molecular weight is 288 g/mol. The van der Waals surface area contributed by atoms with Crippen LogP contribution in [0.15, 0.2) is 24.4 Å². The van der Waals surface area contributed by atoms with Gasteiger partial charge in [-0.2, -0.15) is 15.0 Å². The minimum Gasteiger partial charge on any atom is -0.464 e. The number of anilines is 2. The molecule has 7 nitrogen and oxygen atoms in total. The SMILES string of the molecule is CCNc1nc(OCC)nc(N(C)Cc2ccccn2)n1. The second-order valence-electron chi connectivity index (χ2n) is 4.38. The molecule has 0 radical (unpaired) electrons. The predicted molar refractivity (Wildman–Crippen MR) is 81.5 cm³/mol. The molecular weight excluding hydrogens is 268 g/mol. The van der Waals surface area contributed by atoms with Crippen LogP contribution in [-0.4, -0.2) is 40.1 Å². The van der Waals surface area contributed by atoms with Gasteiger partial charge in [-0.25, -0.2) is 0 Å². The standard InChI is InChI=1S/C14H20N6O/c1-4-15-12-17-13(19-14(18-12)21-5-2)20(3)10-11-8-6-7-9-16-11/h6-9H,4-5,10H2,1-3H3,(H,15,17,18,19). The molecule has 0 saturated heterocycles. The van der Waals surface area contributed by atoms with Gasteiger partial charge in [-0.15, -0.1) is 0 Å². The highest BCUT2D eigenvalue weighted by molar-refractivity contribution is 5.38. The van der Waals surface area contributed by atoms with Gasteiger partial charge in [0, 0.05) is 19.8 Å². The van der Waals surface area contributed by atoms with Crippen LogP contribution in [0.5, 0.6) is 6.01 Å². The molecule has 0 unspecified atom stereocenters. The van der Waals surface area contributed by atoms with Gasteiger partial charge in [0.1, 0.15) is 0 Å². The lowest BCUT2D eigenvalue weighted by Crippen LogP contribution is -2.21. The molecule has 21 heavy (non-hydrogen) atoms. The molecule has 0 aliphatic carbocycles. The van der Waals surface area contributed by atoms with E-state index in [4.69, 9.17) is 4.74 Å². The molecule has 0 bridgehead atoms. The Morgan fingerprint density at radius 1 is 1.19 bits per heavy atom. The summed E-state index contributed by atoms with van der Waals surface area (Å²) in [4.78, 5) is 19.1. The van der Waals surface area contributed by atoms with E-state index in [1.165, 1.54) is 0 Å². The first-order valence-corrected chi connectivity index (χ1v) is 6.96. The molecule has 2 aromatic heterocycles. The van der Waals surface area contributed by atoms with Crippen LogP contribution in [0.4, 0.5) is 11.9 Å². The van der Waals surface area contributed by atoms with Crippen molar-refractivity contribution in [2.45, 2.75) is 20.4 Å². The Morgan fingerprint density at radius 3 is 2.71 bits per heavy atom. The van der Waals surface area contributed by atoms with Gasteiger partial charge in [0.2, 0.25) is 11.9 Å². The first kappa shape index (κ1) is 15.0. The zero-order valence-electron chi connectivity index (χ0n) is 12.6. The van der Waals surface area contributed by atoms with Crippen LogP contribution < -0.4 is 15.0 Å². The molecule has 2 heterocycles. The van der Waals surface area contributed by atoms with Crippen molar-refractivity contribution in [3.63, 3.8) is 0 Å². The molecule has 0 amide bonds. The highest BCUT2D eigenvalue weighted by Crippen LogP contribution is 2.15. The molecule has 7 heteroatoms.